The van der Waals surface area contributed by atoms with Crippen molar-refractivity contribution < 1.29 is 0 Å². The molecule has 0 amide bonds. The Morgan fingerprint density at radius 2 is 2.50 bits per heavy atom. The minimum atomic E-state index is 0.196. The second kappa shape index (κ2) is 3.00. The van der Waals surface area contributed by atoms with Crippen molar-refractivity contribution in [3.8, 4) is 0 Å². The fraction of sp³-hybridized carbons (Fsp3) is 0. The Hall–Kier alpha value is -0.139. The van der Waals surface area contributed by atoms with E-state index in [1.54, 1.807) is 0 Å². The molecule has 1 aromatic rings. The molecule has 1 aromatic heterocycles. The summed E-state index contributed by atoms with van der Waals surface area (Å²) in [6.45, 7) is 0. The molecule has 1 rings (SSSR count). The summed E-state index contributed by atoms with van der Waals surface area (Å²) in [5.74, 6) is 0. The van der Waals surface area contributed by atoms with E-state index in [4.69, 9.17) is 0 Å². The van der Waals surface area contributed by atoms with E-state index in [1.807, 2.05) is 12.5 Å². The van der Waals surface area contributed by atoms with Crippen molar-refractivity contribution in [2.45, 2.75) is 0 Å². The van der Waals surface area contributed by atoms with E-state index in [2.05, 4.69) is 15.4 Å². The fourth-order valence-corrected chi connectivity index (χ4v) is 8.64. The number of hydrogen-bond acceptors (Lipinski definition) is 1. The third kappa shape index (κ3) is 1.42. The van der Waals surface area contributed by atoms with Gasteiger partial charge in [-0.3, -0.25) is 0 Å². The van der Waals surface area contributed by atoms with Gasteiger partial charge in [-0.2, -0.15) is 0 Å². The van der Waals surface area contributed by atoms with E-state index in [9.17, 15) is 0 Å². The Kier molecular flexibility index (Phi) is 2.25. The lowest BCUT2D eigenvalue weighted by molar-refractivity contribution is 1.21. The average Bonchev–Trinajstić information content (AvgIpc) is 2.19. The second-order valence-corrected chi connectivity index (χ2v) is 17.3. The zero-order valence-corrected chi connectivity index (χ0v) is 9.87. The fourth-order valence-electron chi connectivity index (χ4n) is 0.677. The van der Waals surface area contributed by atoms with Gasteiger partial charge in [0.05, 0.1) is 6.33 Å². The summed E-state index contributed by atoms with van der Waals surface area (Å²) in [5.41, 5.74) is 0. The highest BCUT2D eigenvalue weighted by Crippen LogP contribution is 1.76. The van der Waals surface area contributed by atoms with Gasteiger partial charge in [-0.1, -0.05) is 0 Å². The van der Waals surface area contributed by atoms with Crippen LogP contribution in [0.2, 0.25) is 0 Å². The zero-order valence-electron chi connectivity index (χ0n) is 5.04. The van der Waals surface area contributed by atoms with Crippen molar-refractivity contribution >= 4 is 27.5 Å². The highest BCUT2D eigenvalue weighted by atomic mass is 29.5. The van der Waals surface area contributed by atoms with Crippen molar-refractivity contribution in [2.75, 3.05) is 0 Å². The van der Waals surface area contributed by atoms with Gasteiger partial charge in [-0.25, -0.2) is 4.98 Å². The molecular weight excluding hydrogens is 148 g/mol. The van der Waals surface area contributed by atoms with Gasteiger partial charge >= 0.3 is 0 Å². The molecule has 0 unspecified atom stereocenters. The molecule has 0 saturated carbocycles. The molecule has 0 N–H and O–H groups in total. The van der Waals surface area contributed by atoms with Crippen LogP contribution >= 0.6 is 0 Å². The number of nitrogens with zero attached hydrogens (tertiary/aromatic N) is 2. The molecule has 0 aliphatic rings. The number of aromatic nitrogens is 2. The highest BCUT2D eigenvalue weighted by molar-refractivity contribution is 7.23. The van der Waals surface area contributed by atoms with E-state index in [0.29, 0.717) is 8.55 Å². The van der Waals surface area contributed by atoms with Crippen LogP contribution in [-0.2, 0) is 0 Å². The molecule has 0 atom stereocenters. The lowest BCUT2D eigenvalue weighted by Gasteiger charge is -1.91. The molecule has 1 heterocycles. The minimum Gasteiger partial charge on any atom is -0.374 e. The van der Waals surface area contributed by atoms with Crippen molar-refractivity contribution in [3.63, 3.8) is 0 Å². The summed E-state index contributed by atoms with van der Waals surface area (Å²) in [6, 6.07) is 0. The van der Waals surface area contributed by atoms with E-state index in [0.717, 1.165) is 0 Å². The van der Waals surface area contributed by atoms with Crippen LogP contribution in [-0.4, -0.2) is 36.7 Å². The maximum atomic E-state index is 3.98. The Labute approximate surface area is 56.0 Å². The molecule has 2 nitrogen and oxygen atoms in total. The zero-order chi connectivity index (χ0) is 5.82. The maximum Gasteiger partial charge on any atom is 0.110 e. The molecule has 0 aliphatic carbocycles. The molecule has 8 heavy (non-hydrogen) atoms. The molecule has 0 bridgehead atoms. The van der Waals surface area contributed by atoms with E-state index >= 15 is 0 Å². The van der Waals surface area contributed by atoms with Crippen LogP contribution in [0.4, 0.5) is 0 Å². The van der Waals surface area contributed by atoms with Crippen LogP contribution in [0.5, 0.6) is 0 Å². The standard InChI is InChI=1S/C3H10N2Si3/c6-8-7-5-2-1-4-3-5/h1-3H,7-8H2,6H3. The van der Waals surface area contributed by atoms with Gasteiger partial charge in [0.15, 0.2) is 0 Å². The Balaban J connectivity index is 2.50. The Morgan fingerprint density at radius 1 is 1.62 bits per heavy atom. The van der Waals surface area contributed by atoms with Crippen molar-refractivity contribution in [2.24, 2.45) is 0 Å². The van der Waals surface area contributed by atoms with Gasteiger partial charge in [0.25, 0.3) is 0 Å². The molecule has 5 heteroatoms. The average molecular weight is 158 g/mol. The van der Waals surface area contributed by atoms with Crippen LogP contribution in [0.25, 0.3) is 0 Å². The summed E-state index contributed by atoms with van der Waals surface area (Å²) < 4.78 is 2.30. The van der Waals surface area contributed by atoms with Crippen molar-refractivity contribution in [1.29, 1.82) is 0 Å². The van der Waals surface area contributed by atoms with Gasteiger partial charge in [0.2, 0.25) is 0 Å². The predicted molar refractivity (Wildman–Crippen MR) is 44.7 cm³/mol. The molecule has 0 aromatic carbocycles. The third-order valence-electron chi connectivity index (χ3n) is 1.04. The van der Waals surface area contributed by atoms with Gasteiger partial charge in [0.1, 0.15) is 9.20 Å². The molecule has 0 radical (unpaired) electrons. The minimum absolute atomic E-state index is 0.196. The van der Waals surface area contributed by atoms with Crippen LogP contribution in [0.3, 0.4) is 0 Å². The first-order valence-corrected chi connectivity index (χ1v) is 13.2. The highest BCUT2D eigenvalue weighted by Gasteiger charge is 1.83. The molecule has 0 saturated heterocycles. The van der Waals surface area contributed by atoms with Crippen LogP contribution in [0, 0.1) is 0 Å². The number of imidazole rings is 1. The summed E-state index contributed by atoms with van der Waals surface area (Å²) in [7, 11) is 2.13. The molecular formula is C3H10N2Si3. The normalized spacial score (nSPS) is 13.0. The maximum absolute atomic E-state index is 3.98. The summed E-state index contributed by atoms with van der Waals surface area (Å²) in [5, 5.41) is 0. The summed E-state index contributed by atoms with van der Waals surface area (Å²) in [6.07, 6.45) is 5.92. The summed E-state index contributed by atoms with van der Waals surface area (Å²) >= 11 is 0. The molecule has 44 valence electrons. The first-order chi connectivity index (χ1) is 3.93. The largest absolute Gasteiger partial charge is 0.374 e. The van der Waals surface area contributed by atoms with Gasteiger partial charge in [0, 0.05) is 20.9 Å². The summed E-state index contributed by atoms with van der Waals surface area (Å²) in [4.78, 5) is 3.98. The van der Waals surface area contributed by atoms with Gasteiger partial charge in [-0.15, -0.1) is 0 Å². The van der Waals surface area contributed by atoms with E-state index in [-0.39, 0.29) is 9.20 Å². The third-order valence-corrected chi connectivity index (χ3v) is 9.29. The van der Waals surface area contributed by atoms with Crippen molar-refractivity contribution in [1.82, 2.24) is 9.22 Å². The van der Waals surface area contributed by atoms with Crippen molar-refractivity contribution in [3.05, 3.63) is 18.7 Å². The van der Waals surface area contributed by atoms with Crippen LogP contribution < -0.4 is 0 Å². The smallest absolute Gasteiger partial charge is 0.110 e. The van der Waals surface area contributed by atoms with E-state index in [1.165, 1.54) is 9.76 Å². The SMILES string of the molecule is [SiH3][SiH2][SiH2]n1ccnc1. The molecule has 0 spiro atoms. The lowest BCUT2D eigenvalue weighted by Crippen LogP contribution is -2.12. The number of rotatable bonds is 2. The van der Waals surface area contributed by atoms with Crippen LogP contribution in [0.15, 0.2) is 18.7 Å². The van der Waals surface area contributed by atoms with Gasteiger partial charge < -0.3 is 4.23 Å². The number of hydrogen-bond donors (Lipinski definition) is 0. The van der Waals surface area contributed by atoms with Crippen LogP contribution in [0.1, 0.15) is 0 Å². The molecule has 0 fully saturated rings. The van der Waals surface area contributed by atoms with Gasteiger partial charge in [-0.05, 0) is 9.76 Å². The first kappa shape index (κ1) is 5.99. The quantitative estimate of drug-likeness (QED) is 0.425. The Morgan fingerprint density at radius 3 is 3.00 bits per heavy atom. The Bertz CT molecular complexity index is 138. The first-order valence-electron chi connectivity index (χ1n) is 2.89. The van der Waals surface area contributed by atoms with E-state index < -0.39 is 0 Å². The lowest BCUT2D eigenvalue weighted by atomic mass is 11.0. The predicted octanol–water partition coefficient (Wildman–Crippen LogP) is -2.82. The second-order valence-electron chi connectivity index (χ2n) is 1.80. The topological polar surface area (TPSA) is 17.8 Å². The molecule has 0 aliphatic heterocycles. The monoisotopic (exact) mass is 158 g/mol.